The maximum absolute atomic E-state index is 12.3. The minimum Gasteiger partial charge on any atom is -0.348 e. The summed E-state index contributed by atoms with van der Waals surface area (Å²) in [5, 5.41) is 11.5. The number of nitrogens with one attached hydrogen (secondary N) is 2. The van der Waals surface area contributed by atoms with Gasteiger partial charge in [0.05, 0.1) is 0 Å². The van der Waals surface area contributed by atoms with Gasteiger partial charge in [-0.05, 0) is 36.2 Å². The van der Waals surface area contributed by atoms with Crippen LogP contribution in [0.2, 0.25) is 0 Å². The largest absolute Gasteiger partial charge is 0.348 e. The summed E-state index contributed by atoms with van der Waals surface area (Å²) in [4.78, 5) is 28.2. The van der Waals surface area contributed by atoms with Gasteiger partial charge in [0.1, 0.15) is 0 Å². The third-order valence-corrected chi connectivity index (χ3v) is 5.39. The van der Waals surface area contributed by atoms with Crippen LogP contribution in [0, 0.1) is 0 Å². The molecule has 0 spiro atoms. The first kappa shape index (κ1) is 22.0. The van der Waals surface area contributed by atoms with Crippen LogP contribution in [0.3, 0.4) is 0 Å². The summed E-state index contributed by atoms with van der Waals surface area (Å²) in [5.74, 6) is -0.389. The molecule has 2 amide bonds. The summed E-state index contributed by atoms with van der Waals surface area (Å²) in [7, 11) is 0. The van der Waals surface area contributed by atoms with Crippen LogP contribution in [-0.2, 0) is 17.9 Å². The van der Waals surface area contributed by atoms with Crippen LogP contribution in [0.4, 0.5) is 0 Å². The van der Waals surface area contributed by atoms with E-state index in [2.05, 4.69) is 15.1 Å². The molecule has 1 fully saturated rings. The lowest BCUT2D eigenvalue weighted by Gasteiger charge is -2.34. The quantitative estimate of drug-likeness (QED) is 0.435. The number of hydrogen-bond acceptors (Lipinski definition) is 5. The van der Waals surface area contributed by atoms with Gasteiger partial charge in [-0.2, -0.15) is 0 Å². The van der Waals surface area contributed by atoms with E-state index in [-0.39, 0.29) is 11.8 Å². The summed E-state index contributed by atoms with van der Waals surface area (Å²) in [6.07, 6.45) is 1.10. The fraction of sp³-hybridized carbons (Fsp3) is 0.391. The SMILES string of the molecule is O=C(CCCN1CCN(Cc2ccc(C(=O)NCc3ccccc3)cc2)CC1)NO. The summed E-state index contributed by atoms with van der Waals surface area (Å²) in [6, 6.07) is 17.7. The first-order valence-electron chi connectivity index (χ1n) is 10.4. The molecular formula is C23H30N4O3. The van der Waals surface area contributed by atoms with Crippen LogP contribution < -0.4 is 10.8 Å². The number of amides is 2. The summed E-state index contributed by atoms with van der Waals surface area (Å²) in [6.45, 7) is 6.16. The number of hydrogen-bond donors (Lipinski definition) is 3. The van der Waals surface area contributed by atoms with E-state index in [9.17, 15) is 9.59 Å². The van der Waals surface area contributed by atoms with E-state index in [0.717, 1.165) is 51.3 Å². The van der Waals surface area contributed by atoms with Crippen LogP contribution >= 0.6 is 0 Å². The Morgan fingerprint density at radius 2 is 1.53 bits per heavy atom. The summed E-state index contributed by atoms with van der Waals surface area (Å²) in [5.41, 5.74) is 4.62. The zero-order chi connectivity index (χ0) is 21.2. The molecule has 2 aromatic rings. The predicted octanol–water partition coefficient (Wildman–Crippen LogP) is 2.02. The van der Waals surface area contributed by atoms with Gasteiger partial charge in [-0.25, -0.2) is 5.48 Å². The Bertz CT molecular complexity index is 803. The normalized spacial score (nSPS) is 15.0. The molecule has 2 aromatic carbocycles. The fourth-order valence-corrected chi connectivity index (χ4v) is 3.59. The van der Waals surface area contributed by atoms with E-state index in [0.29, 0.717) is 18.5 Å². The molecule has 0 atom stereocenters. The number of nitrogens with zero attached hydrogens (tertiary/aromatic N) is 2. The van der Waals surface area contributed by atoms with Crippen LogP contribution in [0.5, 0.6) is 0 Å². The molecule has 30 heavy (non-hydrogen) atoms. The number of piperazine rings is 1. The van der Waals surface area contributed by atoms with E-state index in [1.807, 2.05) is 54.6 Å². The molecule has 0 aromatic heterocycles. The standard InChI is InChI=1S/C23H30N4O3/c28-22(25-30)7-4-12-26-13-15-27(16-14-26)18-20-8-10-21(11-9-20)23(29)24-17-19-5-2-1-3-6-19/h1-3,5-6,8-11,30H,4,7,12-18H2,(H,24,29)(H,25,28). The number of benzene rings is 2. The average Bonchev–Trinajstić information content (AvgIpc) is 2.79. The monoisotopic (exact) mass is 410 g/mol. The number of carbonyl (C=O) groups excluding carboxylic acids is 2. The number of carbonyl (C=O) groups is 2. The molecule has 1 aliphatic heterocycles. The van der Waals surface area contributed by atoms with Crippen molar-refractivity contribution in [3.63, 3.8) is 0 Å². The molecule has 0 radical (unpaired) electrons. The van der Waals surface area contributed by atoms with Gasteiger partial charge in [0, 0.05) is 51.3 Å². The molecule has 1 aliphatic rings. The molecule has 160 valence electrons. The fourth-order valence-electron chi connectivity index (χ4n) is 3.59. The Morgan fingerprint density at radius 3 is 2.20 bits per heavy atom. The van der Waals surface area contributed by atoms with E-state index < -0.39 is 0 Å². The third-order valence-electron chi connectivity index (χ3n) is 5.39. The Balaban J connectivity index is 1.38. The molecule has 3 N–H and O–H groups in total. The highest BCUT2D eigenvalue weighted by Crippen LogP contribution is 2.11. The van der Waals surface area contributed by atoms with Gasteiger partial charge >= 0.3 is 0 Å². The van der Waals surface area contributed by atoms with Crippen molar-refractivity contribution in [1.82, 2.24) is 20.6 Å². The van der Waals surface area contributed by atoms with E-state index >= 15 is 0 Å². The summed E-state index contributed by atoms with van der Waals surface area (Å²) >= 11 is 0. The second-order valence-corrected chi connectivity index (χ2v) is 7.62. The number of rotatable bonds is 9. The Kier molecular flexibility index (Phi) is 8.38. The van der Waals surface area contributed by atoms with Crippen LogP contribution in [0.15, 0.2) is 54.6 Å². The van der Waals surface area contributed by atoms with Crippen LogP contribution in [-0.4, -0.2) is 59.5 Å². The molecule has 1 saturated heterocycles. The highest BCUT2D eigenvalue weighted by atomic mass is 16.5. The van der Waals surface area contributed by atoms with Crippen molar-refractivity contribution in [2.75, 3.05) is 32.7 Å². The molecule has 7 nitrogen and oxygen atoms in total. The van der Waals surface area contributed by atoms with Gasteiger partial charge in [-0.15, -0.1) is 0 Å². The van der Waals surface area contributed by atoms with E-state index in [1.165, 1.54) is 5.56 Å². The van der Waals surface area contributed by atoms with Gasteiger partial charge in [0.2, 0.25) is 5.91 Å². The van der Waals surface area contributed by atoms with Crippen molar-refractivity contribution in [1.29, 1.82) is 0 Å². The minimum atomic E-state index is -0.328. The van der Waals surface area contributed by atoms with Crippen molar-refractivity contribution in [2.24, 2.45) is 0 Å². The average molecular weight is 411 g/mol. The van der Waals surface area contributed by atoms with Crippen molar-refractivity contribution in [2.45, 2.75) is 25.9 Å². The zero-order valence-electron chi connectivity index (χ0n) is 17.2. The van der Waals surface area contributed by atoms with Crippen LogP contribution in [0.1, 0.15) is 34.3 Å². The third kappa shape index (κ3) is 6.95. The van der Waals surface area contributed by atoms with Gasteiger partial charge < -0.3 is 10.2 Å². The molecule has 1 heterocycles. The molecule has 0 bridgehead atoms. The minimum absolute atomic E-state index is 0.0612. The topological polar surface area (TPSA) is 84.9 Å². The summed E-state index contributed by atoms with van der Waals surface area (Å²) < 4.78 is 0. The van der Waals surface area contributed by atoms with Crippen molar-refractivity contribution >= 4 is 11.8 Å². The molecule has 0 unspecified atom stereocenters. The molecule has 0 aliphatic carbocycles. The predicted molar refractivity (Wildman–Crippen MR) is 115 cm³/mol. The number of hydroxylamine groups is 1. The van der Waals surface area contributed by atoms with Gasteiger partial charge in [0.25, 0.3) is 5.91 Å². The Labute approximate surface area is 177 Å². The lowest BCUT2D eigenvalue weighted by atomic mass is 10.1. The Hall–Kier alpha value is -2.74. The first-order chi connectivity index (χ1) is 14.6. The first-order valence-corrected chi connectivity index (χ1v) is 10.4. The van der Waals surface area contributed by atoms with Crippen LogP contribution in [0.25, 0.3) is 0 Å². The van der Waals surface area contributed by atoms with Crippen molar-refractivity contribution < 1.29 is 14.8 Å². The maximum atomic E-state index is 12.3. The van der Waals surface area contributed by atoms with Crippen molar-refractivity contribution in [3.8, 4) is 0 Å². The second-order valence-electron chi connectivity index (χ2n) is 7.62. The second kappa shape index (κ2) is 11.4. The molecule has 0 saturated carbocycles. The Morgan fingerprint density at radius 1 is 0.867 bits per heavy atom. The zero-order valence-corrected chi connectivity index (χ0v) is 17.2. The van der Waals surface area contributed by atoms with E-state index in [1.54, 1.807) is 5.48 Å². The van der Waals surface area contributed by atoms with Gasteiger partial charge in [-0.1, -0.05) is 42.5 Å². The highest BCUT2D eigenvalue weighted by molar-refractivity contribution is 5.94. The smallest absolute Gasteiger partial charge is 0.251 e. The van der Waals surface area contributed by atoms with E-state index in [4.69, 9.17) is 5.21 Å². The molecule has 3 rings (SSSR count). The van der Waals surface area contributed by atoms with Gasteiger partial charge in [-0.3, -0.25) is 19.7 Å². The highest BCUT2D eigenvalue weighted by Gasteiger charge is 2.17. The van der Waals surface area contributed by atoms with Crippen molar-refractivity contribution in [3.05, 3.63) is 71.3 Å². The lowest BCUT2D eigenvalue weighted by molar-refractivity contribution is -0.129. The van der Waals surface area contributed by atoms with Gasteiger partial charge in [0.15, 0.2) is 0 Å². The maximum Gasteiger partial charge on any atom is 0.251 e. The lowest BCUT2D eigenvalue weighted by Crippen LogP contribution is -2.46. The molecular weight excluding hydrogens is 380 g/mol. The molecule has 7 heteroatoms.